The van der Waals surface area contributed by atoms with E-state index in [4.69, 9.17) is 4.42 Å². The highest BCUT2D eigenvalue weighted by molar-refractivity contribution is 6.60. The minimum absolute atomic E-state index is 0.0565. The van der Waals surface area contributed by atoms with Gasteiger partial charge in [0, 0.05) is 11.1 Å². The van der Waals surface area contributed by atoms with E-state index in [0.29, 0.717) is 17.9 Å². The Labute approximate surface area is 132 Å². The molecule has 1 saturated carbocycles. The van der Waals surface area contributed by atoms with Gasteiger partial charge in [0.05, 0.1) is 6.20 Å². The van der Waals surface area contributed by atoms with Crippen molar-refractivity contribution in [3.8, 4) is 0 Å². The molecule has 118 valence electrons. The monoisotopic (exact) mass is 314 g/mol. The lowest BCUT2D eigenvalue weighted by molar-refractivity contribution is 0.0922. The molecule has 1 aliphatic carbocycles. The summed E-state index contributed by atoms with van der Waals surface area (Å²) in [4.78, 5) is 27.6. The molecular weight excluding hydrogens is 299 g/mol. The zero-order valence-corrected chi connectivity index (χ0v) is 12.4. The molecule has 8 heteroatoms. The van der Waals surface area contributed by atoms with Crippen molar-refractivity contribution in [2.45, 2.75) is 25.3 Å². The Morgan fingerprint density at radius 1 is 1.43 bits per heavy atom. The molecule has 2 aromatic rings. The van der Waals surface area contributed by atoms with Crippen LogP contribution < -0.4 is 10.8 Å². The first-order chi connectivity index (χ1) is 10.9. The summed E-state index contributed by atoms with van der Waals surface area (Å²) in [6, 6.07) is 4.11. The molecule has 1 heterocycles. The van der Waals surface area contributed by atoms with E-state index in [0.717, 1.165) is 12.8 Å². The van der Waals surface area contributed by atoms with Crippen LogP contribution in [0.4, 0.5) is 0 Å². The number of rotatable bonds is 5. The normalized spacial score (nSPS) is 15.1. The first kappa shape index (κ1) is 15.5. The number of aryl methyl sites for hydroxylation is 1. The minimum Gasteiger partial charge on any atom is -0.443 e. The van der Waals surface area contributed by atoms with E-state index in [1.165, 1.54) is 18.2 Å². The lowest BCUT2D eigenvalue weighted by Crippen LogP contribution is -2.37. The van der Waals surface area contributed by atoms with Crippen LogP contribution in [0.1, 0.15) is 45.2 Å². The Kier molecular flexibility index (Phi) is 3.79. The van der Waals surface area contributed by atoms with Crippen LogP contribution in [0.3, 0.4) is 0 Å². The third-order valence-electron chi connectivity index (χ3n) is 3.89. The maximum atomic E-state index is 12.4. The second-order valence-corrected chi connectivity index (χ2v) is 5.65. The molecule has 1 aromatic heterocycles. The van der Waals surface area contributed by atoms with Gasteiger partial charge in [0.1, 0.15) is 17.6 Å². The first-order valence-electron chi connectivity index (χ1n) is 7.16. The van der Waals surface area contributed by atoms with Gasteiger partial charge in [-0.25, -0.2) is 4.98 Å². The molecule has 1 fully saturated rings. The Morgan fingerprint density at radius 2 is 2.17 bits per heavy atom. The predicted octanol–water partition coefficient (Wildman–Crippen LogP) is -0.106. The van der Waals surface area contributed by atoms with Gasteiger partial charge in [0.2, 0.25) is 5.89 Å². The molecule has 7 nitrogen and oxygen atoms in total. The molecule has 0 aliphatic heterocycles. The van der Waals surface area contributed by atoms with E-state index >= 15 is 0 Å². The first-order valence-corrected chi connectivity index (χ1v) is 7.16. The summed E-state index contributed by atoms with van der Waals surface area (Å²) in [7, 11) is -1.77. The van der Waals surface area contributed by atoms with E-state index < -0.39 is 12.7 Å². The van der Waals surface area contributed by atoms with Gasteiger partial charge in [-0.3, -0.25) is 9.59 Å². The fourth-order valence-electron chi connectivity index (χ4n) is 2.44. The van der Waals surface area contributed by atoms with E-state index in [2.05, 4.69) is 10.3 Å². The van der Waals surface area contributed by atoms with Gasteiger partial charge in [0.15, 0.2) is 0 Å². The lowest BCUT2D eigenvalue weighted by atomic mass is 9.77. The summed E-state index contributed by atoms with van der Waals surface area (Å²) in [5.74, 6) is 0.770. The number of nitrogens with zero attached hydrogens (tertiary/aromatic N) is 1. The van der Waals surface area contributed by atoms with Crippen LogP contribution in [0.15, 0.2) is 28.8 Å². The van der Waals surface area contributed by atoms with Crippen molar-refractivity contribution < 1.29 is 24.1 Å². The number of aromatic nitrogens is 1. The molecule has 23 heavy (non-hydrogen) atoms. The standard InChI is InChI=1S/C15H15BN2O5/c1-9-7-17-14(23-9)15(4-5-15)18-13(20)10-2-3-12(16(21)22)11(6-10)8-19/h2-3,6-8,21-22H,4-5H2,1H3,(H,18,20). The smallest absolute Gasteiger partial charge is 0.443 e. The topological polar surface area (TPSA) is 113 Å². The number of benzene rings is 1. The highest BCUT2D eigenvalue weighted by Gasteiger charge is 2.50. The van der Waals surface area contributed by atoms with Gasteiger partial charge in [-0.05, 0) is 37.4 Å². The summed E-state index contributed by atoms with van der Waals surface area (Å²) in [6.07, 6.45) is 3.54. The van der Waals surface area contributed by atoms with Gasteiger partial charge < -0.3 is 19.8 Å². The van der Waals surface area contributed by atoms with Gasteiger partial charge in [-0.1, -0.05) is 6.07 Å². The Balaban J connectivity index is 1.83. The van der Waals surface area contributed by atoms with E-state index in [1.54, 1.807) is 13.1 Å². The summed E-state index contributed by atoms with van der Waals surface area (Å²) >= 11 is 0. The number of nitrogens with one attached hydrogen (secondary N) is 1. The molecule has 3 rings (SSSR count). The second kappa shape index (κ2) is 5.64. The van der Waals surface area contributed by atoms with Crippen LogP contribution in [-0.4, -0.2) is 34.3 Å². The largest absolute Gasteiger partial charge is 0.489 e. The van der Waals surface area contributed by atoms with Crippen molar-refractivity contribution in [3.63, 3.8) is 0 Å². The number of carbonyl (C=O) groups excluding carboxylic acids is 2. The van der Waals surface area contributed by atoms with Crippen molar-refractivity contribution in [2.75, 3.05) is 0 Å². The van der Waals surface area contributed by atoms with Gasteiger partial charge >= 0.3 is 7.12 Å². The average Bonchev–Trinajstić information content (AvgIpc) is 3.18. The van der Waals surface area contributed by atoms with Gasteiger partial charge in [0.25, 0.3) is 5.91 Å². The van der Waals surface area contributed by atoms with E-state index in [-0.39, 0.29) is 22.5 Å². The van der Waals surface area contributed by atoms with Crippen LogP contribution in [0.25, 0.3) is 0 Å². The van der Waals surface area contributed by atoms with Crippen LogP contribution >= 0.6 is 0 Å². The number of oxazole rings is 1. The van der Waals surface area contributed by atoms with Gasteiger partial charge in [-0.15, -0.1) is 0 Å². The van der Waals surface area contributed by atoms with Crippen molar-refractivity contribution in [3.05, 3.63) is 47.2 Å². The summed E-state index contributed by atoms with van der Waals surface area (Å²) in [5.41, 5.74) is -0.224. The third kappa shape index (κ3) is 2.90. The van der Waals surface area contributed by atoms with Crippen molar-refractivity contribution in [1.29, 1.82) is 0 Å². The molecule has 1 amide bonds. The molecule has 0 spiro atoms. The van der Waals surface area contributed by atoms with Crippen LogP contribution in [-0.2, 0) is 5.54 Å². The Bertz CT molecular complexity index is 767. The van der Waals surface area contributed by atoms with E-state index in [9.17, 15) is 19.6 Å². The fourth-order valence-corrected chi connectivity index (χ4v) is 2.44. The zero-order valence-electron chi connectivity index (χ0n) is 12.4. The number of carbonyl (C=O) groups is 2. The average molecular weight is 314 g/mol. The summed E-state index contributed by atoms with van der Waals surface area (Å²) < 4.78 is 5.49. The highest BCUT2D eigenvalue weighted by Crippen LogP contribution is 2.45. The third-order valence-corrected chi connectivity index (χ3v) is 3.89. The van der Waals surface area contributed by atoms with Crippen molar-refractivity contribution >= 4 is 24.8 Å². The van der Waals surface area contributed by atoms with Crippen LogP contribution in [0.2, 0.25) is 0 Å². The van der Waals surface area contributed by atoms with Crippen molar-refractivity contribution in [1.82, 2.24) is 10.3 Å². The highest BCUT2D eigenvalue weighted by atomic mass is 16.4. The number of aldehydes is 1. The zero-order chi connectivity index (χ0) is 16.6. The molecule has 0 atom stereocenters. The SMILES string of the molecule is Cc1cnc(C2(NC(=O)c3ccc(B(O)O)c(C=O)c3)CC2)o1. The number of hydrogen-bond donors (Lipinski definition) is 3. The second-order valence-electron chi connectivity index (χ2n) is 5.65. The molecular formula is C15H15BN2O5. The molecule has 0 saturated heterocycles. The van der Waals surface area contributed by atoms with Crippen LogP contribution in [0.5, 0.6) is 0 Å². The molecule has 0 bridgehead atoms. The maximum absolute atomic E-state index is 12.4. The van der Waals surface area contributed by atoms with Crippen molar-refractivity contribution in [2.24, 2.45) is 0 Å². The number of hydrogen-bond acceptors (Lipinski definition) is 6. The van der Waals surface area contributed by atoms with Gasteiger partial charge in [-0.2, -0.15) is 0 Å². The quantitative estimate of drug-likeness (QED) is 0.524. The lowest BCUT2D eigenvalue weighted by Gasteiger charge is -2.14. The Hall–Kier alpha value is -2.45. The summed E-state index contributed by atoms with van der Waals surface area (Å²) in [5, 5.41) is 21.3. The van der Waals surface area contributed by atoms with E-state index in [1.807, 2.05) is 0 Å². The summed E-state index contributed by atoms with van der Waals surface area (Å²) in [6.45, 7) is 1.78. The minimum atomic E-state index is -1.77. The maximum Gasteiger partial charge on any atom is 0.489 e. The number of amides is 1. The molecule has 3 N–H and O–H groups in total. The predicted molar refractivity (Wildman–Crippen MR) is 81.3 cm³/mol. The Morgan fingerprint density at radius 3 is 2.70 bits per heavy atom. The molecule has 0 radical (unpaired) electrons. The van der Waals surface area contributed by atoms with Crippen LogP contribution in [0, 0.1) is 6.92 Å². The molecule has 0 unspecified atom stereocenters. The molecule has 1 aromatic carbocycles. The fraction of sp³-hybridized carbons (Fsp3) is 0.267. The molecule has 1 aliphatic rings.